The van der Waals surface area contributed by atoms with Gasteiger partial charge in [0.1, 0.15) is 17.2 Å². The second kappa shape index (κ2) is 9.73. The summed E-state index contributed by atoms with van der Waals surface area (Å²) in [6, 6.07) is 11.6. The minimum atomic E-state index is -0.629. The molecule has 1 unspecified atom stereocenters. The Morgan fingerprint density at radius 3 is 2.06 bits per heavy atom. The maximum Gasteiger partial charge on any atom is 0.263 e. The number of phenolic OH excluding ortho intramolecular Hbond substituents is 2. The van der Waals surface area contributed by atoms with Gasteiger partial charge in [0, 0.05) is 37.8 Å². The molecule has 31 heavy (non-hydrogen) atoms. The highest BCUT2D eigenvalue weighted by Crippen LogP contribution is 2.23. The minimum Gasteiger partial charge on any atom is -0.508 e. The van der Waals surface area contributed by atoms with E-state index >= 15 is 0 Å². The lowest BCUT2D eigenvalue weighted by molar-refractivity contribution is -0.137. The molecule has 1 heterocycles. The van der Waals surface area contributed by atoms with Crippen LogP contribution in [0.2, 0.25) is 0 Å². The number of amides is 2. The Balaban J connectivity index is 1.59. The maximum absolute atomic E-state index is 12.9. The molecule has 0 spiro atoms. The fourth-order valence-electron chi connectivity index (χ4n) is 3.69. The van der Waals surface area contributed by atoms with Gasteiger partial charge >= 0.3 is 0 Å². The molecule has 1 fully saturated rings. The zero-order valence-electron chi connectivity index (χ0n) is 18.2. The lowest BCUT2D eigenvalue weighted by atomic mass is 10.0. The van der Waals surface area contributed by atoms with Gasteiger partial charge < -0.3 is 24.7 Å². The van der Waals surface area contributed by atoms with Crippen LogP contribution >= 0.6 is 0 Å². The van der Waals surface area contributed by atoms with Gasteiger partial charge in [-0.1, -0.05) is 26.0 Å². The minimum absolute atomic E-state index is 0.114. The highest BCUT2D eigenvalue weighted by molar-refractivity contribution is 5.95. The number of ether oxygens (including phenoxy) is 1. The second-order valence-electron chi connectivity index (χ2n) is 8.19. The molecule has 1 aliphatic heterocycles. The van der Waals surface area contributed by atoms with Crippen LogP contribution in [0.15, 0.2) is 42.5 Å². The van der Waals surface area contributed by atoms with Gasteiger partial charge in [0.15, 0.2) is 6.10 Å². The summed E-state index contributed by atoms with van der Waals surface area (Å²) in [4.78, 5) is 29.0. The predicted molar refractivity (Wildman–Crippen MR) is 117 cm³/mol. The number of carbonyl (C=O) groups excluding carboxylic acids is 2. The quantitative estimate of drug-likeness (QED) is 0.765. The van der Waals surface area contributed by atoms with Gasteiger partial charge in [0.25, 0.3) is 11.8 Å². The summed E-state index contributed by atoms with van der Waals surface area (Å²) in [6.07, 6.45) is 0.00751. The first-order valence-corrected chi connectivity index (χ1v) is 10.6. The number of carbonyl (C=O) groups is 2. The number of hydrogen-bond donors (Lipinski definition) is 2. The van der Waals surface area contributed by atoms with Crippen LogP contribution < -0.4 is 4.74 Å². The summed E-state index contributed by atoms with van der Waals surface area (Å²) in [5.41, 5.74) is 1.43. The predicted octanol–water partition coefficient (Wildman–Crippen LogP) is 3.36. The number of nitrogens with zero attached hydrogens (tertiary/aromatic N) is 2. The van der Waals surface area contributed by atoms with Crippen molar-refractivity contribution >= 4 is 11.8 Å². The third-order valence-electron chi connectivity index (χ3n) is 5.45. The summed E-state index contributed by atoms with van der Waals surface area (Å²) >= 11 is 0. The largest absolute Gasteiger partial charge is 0.508 e. The average molecular weight is 427 g/mol. The number of aromatic hydroxyl groups is 2. The van der Waals surface area contributed by atoms with Crippen LogP contribution in [-0.2, 0) is 4.79 Å². The Kier molecular flexibility index (Phi) is 7.05. The van der Waals surface area contributed by atoms with E-state index in [2.05, 4.69) is 13.8 Å². The maximum atomic E-state index is 12.9. The van der Waals surface area contributed by atoms with Gasteiger partial charge in [-0.25, -0.2) is 0 Å². The van der Waals surface area contributed by atoms with E-state index in [-0.39, 0.29) is 28.9 Å². The Hall–Kier alpha value is -3.22. The van der Waals surface area contributed by atoms with E-state index in [0.717, 1.165) is 0 Å². The number of hydrogen-bond acceptors (Lipinski definition) is 5. The molecule has 0 radical (unpaired) electrons. The van der Waals surface area contributed by atoms with Crippen molar-refractivity contribution in [3.63, 3.8) is 0 Å². The normalized spacial score (nSPS) is 15.5. The zero-order chi connectivity index (χ0) is 22.5. The van der Waals surface area contributed by atoms with Crippen LogP contribution in [0.5, 0.6) is 17.2 Å². The molecule has 166 valence electrons. The van der Waals surface area contributed by atoms with Crippen molar-refractivity contribution in [2.45, 2.75) is 39.2 Å². The van der Waals surface area contributed by atoms with E-state index in [1.165, 1.54) is 23.8 Å². The van der Waals surface area contributed by atoms with Crippen LogP contribution in [0.1, 0.15) is 49.0 Å². The van der Waals surface area contributed by atoms with Crippen LogP contribution in [0.3, 0.4) is 0 Å². The molecule has 1 aliphatic rings. The van der Waals surface area contributed by atoms with E-state index in [1.54, 1.807) is 16.7 Å². The third kappa shape index (κ3) is 5.69. The molecule has 0 bridgehead atoms. The zero-order valence-corrected chi connectivity index (χ0v) is 18.2. The molecule has 7 nitrogen and oxygen atoms in total. The summed E-state index contributed by atoms with van der Waals surface area (Å²) in [6.45, 7) is 7.78. The average Bonchev–Trinajstić information content (AvgIpc) is 2.98. The Morgan fingerprint density at radius 1 is 0.871 bits per heavy atom. The molecule has 0 saturated carbocycles. The van der Waals surface area contributed by atoms with E-state index < -0.39 is 6.10 Å². The van der Waals surface area contributed by atoms with Gasteiger partial charge in [-0.15, -0.1) is 0 Å². The van der Waals surface area contributed by atoms with Gasteiger partial charge in [-0.3, -0.25) is 9.59 Å². The van der Waals surface area contributed by atoms with Crippen molar-refractivity contribution < 1.29 is 24.5 Å². The molecule has 1 saturated heterocycles. The van der Waals surface area contributed by atoms with Crippen LogP contribution in [0, 0.1) is 0 Å². The lowest BCUT2D eigenvalue weighted by Crippen LogP contribution is -2.43. The van der Waals surface area contributed by atoms with Crippen molar-refractivity contribution in [2.24, 2.45) is 0 Å². The summed E-state index contributed by atoms with van der Waals surface area (Å²) in [5, 5.41) is 19.3. The van der Waals surface area contributed by atoms with Gasteiger partial charge in [-0.2, -0.15) is 0 Å². The first-order chi connectivity index (χ1) is 14.7. The van der Waals surface area contributed by atoms with Crippen LogP contribution in [0.25, 0.3) is 0 Å². The molecule has 0 aromatic heterocycles. The first-order valence-electron chi connectivity index (χ1n) is 10.6. The molecule has 3 rings (SSSR count). The van der Waals surface area contributed by atoms with Crippen LogP contribution in [0.4, 0.5) is 0 Å². The molecule has 2 aromatic carbocycles. The smallest absolute Gasteiger partial charge is 0.263 e. The van der Waals surface area contributed by atoms with E-state index in [1.807, 2.05) is 24.3 Å². The lowest BCUT2D eigenvalue weighted by Gasteiger charge is -2.25. The van der Waals surface area contributed by atoms with Crippen molar-refractivity contribution in [2.75, 3.05) is 26.2 Å². The summed E-state index contributed by atoms with van der Waals surface area (Å²) in [5.74, 6) is 0.359. The van der Waals surface area contributed by atoms with Crippen molar-refractivity contribution in [1.82, 2.24) is 9.80 Å². The fourth-order valence-corrected chi connectivity index (χ4v) is 3.69. The molecule has 2 amide bonds. The van der Waals surface area contributed by atoms with Crippen molar-refractivity contribution in [1.29, 1.82) is 0 Å². The third-order valence-corrected chi connectivity index (χ3v) is 5.45. The number of benzene rings is 2. The van der Waals surface area contributed by atoms with Gasteiger partial charge in [0.05, 0.1) is 0 Å². The molecule has 2 aromatic rings. The summed E-state index contributed by atoms with van der Waals surface area (Å²) in [7, 11) is 0. The Morgan fingerprint density at radius 2 is 1.45 bits per heavy atom. The molecule has 1 atom stereocenters. The molecule has 0 aliphatic carbocycles. The summed E-state index contributed by atoms with van der Waals surface area (Å²) < 4.78 is 5.85. The molecule has 7 heteroatoms. The monoisotopic (exact) mass is 426 g/mol. The molecular weight excluding hydrogens is 396 g/mol. The Bertz CT molecular complexity index is 906. The topological polar surface area (TPSA) is 90.3 Å². The SMILES string of the molecule is CC(Oc1ccc(C(C)C)cc1)C(=O)N1CCCN(C(=O)c2cc(O)cc(O)c2)CC1. The number of rotatable bonds is 5. The Labute approximate surface area is 182 Å². The highest BCUT2D eigenvalue weighted by Gasteiger charge is 2.27. The fraction of sp³-hybridized carbons (Fsp3) is 0.417. The molecule has 2 N–H and O–H groups in total. The van der Waals surface area contributed by atoms with Crippen molar-refractivity contribution in [3.8, 4) is 17.2 Å². The van der Waals surface area contributed by atoms with E-state index in [0.29, 0.717) is 44.3 Å². The van der Waals surface area contributed by atoms with E-state index in [4.69, 9.17) is 4.74 Å². The first kappa shape index (κ1) is 22.5. The second-order valence-corrected chi connectivity index (χ2v) is 8.19. The molecular formula is C24H30N2O5. The standard InChI is InChI=1S/C24H30N2O5/c1-16(2)18-5-7-22(8-6-18)31-17(3)23(29)25-9-4-10-26(12-11-25)24(30)19-13-20(27)15-21(28)14-19/h5-8,13-17,27-28H,4,9-12H2,1-3H3. The van der Waals surface area contributed by atoms with Crippen molar-refractivity contribution in [3.05, 3.63) is 53.6 Å². The van der Waals surface area contributed by atoms with Gasteiger partial charge in [0.2, 0.25) is 0 Å². The van der Waals surface area contributed by atoms with Crippen LogP contribution in [-0.4, -0.2) is 64.1 Å². The van der Waals surface area contributed by atoms with Gasteiger partial charge in [-0.05, 0) is 49.1 Å². The van der Waals surface area contributed by atoms with E-state index in [9.17, 15) is 19.8 Å². The number of phenols is 2. The highest BCUT2D eigenvalue weighted by atomic mass is 16.5.